The number of thioether (sulfide) groups is 1. The largest absolute Gasteiger partial charge is 0.480 e. The molecular weight excluding hydrogens is 650 g/mol. The number of aromatic nitrogens is 1. The molecule has 4 rings (SSSR count). The van der Waals surface area contributed by atoms with E-state index < -0.39 is 39.9 Å². The second kappa shape index (κ2) is 12.6. The maximum atomic E-state index is 13.3. The van der Waals surface area contributed by atoms with E-state index in [2.05, 4.69) is 4.85 Å². The molecular formula is C24H22ClN5O8S4. The van der Waals surface area contributed by atoms with Crippen LogP contribution in [0.5, 0.6) is 0 Å². The van der Waals surface area contributed by atoms with Crippen LogP contribution in [0.3, 0.4) is 0 Å². The number of hydroxylamine groups is 2. The van der Waals surface area contributed by atoms with Crippen LogP contribution < -0.4 is 24.6 Å². The zero-order valence-electron chi connectivity index (χ0n) is 21.7. The average molecular weight is 672 g/mol. The summed E-state index contributed by atoms with van der Waals surface area (Å²) in [6.07, 6.45) is 3.62. The molecule has 0 radical (unpaired) electrons. The van der Waals surface area contributed by atoms with Crippen molar-refractivity contribution in [2.45, 2.75) is 26.3 Å². The molecule has 0 aliphatic carbocycles. The number of halogens is 1. The number of fused-ring (bicyclic) bond motifs is 1. The van der Waals surface area contributed by atoms with Gasteiger partial charge < -0.3 is 14.9 Å². The third-order valence-corrected chi connectivity index (χ3v) is 9.91. The summed E-state index contributed by atoms with van der Waals surface area (Å²) in [5.74, 6) is -2.04. The van der Waals surface area contributed by atoms with Crippen LogP contribution in [0, 0.1) is 6.57 Å². The van der Waals surface area contributed by atoms with Crippen molar-refractivity contribution in [3.8, 4) is 0 Å². The number of allylic oxidation sites excluding steroid dienone is 1. The number of benzene rings is 1. The van der Waals surface area contributed by atoms with Crippen molar-refractivity contribution < 1.29 is 32.9 Å². The summed E-state index contributed by atoms with van der Waals surface area (Å²) >= 11 is 12.9. The Balaban J connectivity index is 1.86. The van der Waals surface area contributed by atoms with Gasteiger partial charge in [0, 0.05) is 18.1 Å². The first-order chi connectivity index (χ1) is 19.8. The molecule has 42 heavy (non-hydrogen) atoms. The highest BCUT2D eigenvalue weighted by Crippen LogP contribution is 2.46. The molecule has 2 aliphatic rings. The number of carboxylic acid groups (broad SMARTS) is 1. The maximum Gasteiger partial charge on any atom is 0.323 e. The van der Waals surface area contributed by atoms with Crippen LogP contribution in [-0.2, 0) is 26.3 Å². The van der Waals surface area contributed by atoms with Crippen molar-refractivity contribution in [2.24, 2.45) is 0 Å². The SMILES string of the molecule is [C-]#[N+]c1cc2c(cc1Cl)N(CC)C(=CC=c1s/c(=C3/SC(=S)N(O)C3=O)n(CC(=O)O)c1=O)N2CCCCS(=O)(=O)O. The van der Waals surface area contributed by atoms with Crippen LogP contribution in [-0.4, -0.2) is 68.0 Å². The molecule has 0 bridgehead atoms. The zero-order chi connectivity index (χ0) is 30.9. The Kier molecular flexibility index (Phi) is 9.47. The van der Waals surface area contributed by atoms with E-state index >= 15 is 0 Å². The Morgan fingerprint density at radius 3 is 2.45 bits per heavy atom. The number of thiocarbonyl (C=S) groups is 1. The van der Waals surface area contributed by atoms with Gasteiger partial charge in [0.05, 0.1) is 28.2 Å². The van der Waals surface area contributed by atoms with E-state index in [1.54, 1.807) is 18.2 Å². The standard InChI is InChI=1S/C24H22ClN5O8S4/c1-3-27-15-10-13(25)14(26-2)11-16(15)28(8-4-5-9-42(36,37)38)18(27)7-6-17-21(33)29(12-19(31)32)23(40-17)20-22(34)30(35)24(39)41-20/h6-7,10-11,35H,3-5,8-9,12H2,1H3,(H,31,32)(H,36,37,38)/b17-6?,18-7?,23-20+. The first-order valence-corrected chi connectivity index (χ1v) is 16.1. The molecule has 2 aliphatic heterocycles. The highest BCUT2D eigenvalue weighted by atomic mass is 35.5. The molecule has 222 valence electrons. The van der Waals surface area contributed by atoms with E-state index in [-0.39, 0.29) is 40.6 Å². The van der Waals surface area contributed by atoms with Gasteiger partial charge in [-0.15, -0.1) is 11.3 Å². The molecule has 18 heteroatoms. The number of unbranched alkanes of at least 4 members (excludes halogenated alkanes) is 1. The van der Waals surface area contributed by atoms with Gasteiger partial charge in [0.25, 0.3) is 21.6 Å². The van der Waals surface area contributed by atoms with Crippen molar-refractivity contribution in [3.05, 3.63) is 60.0 Å². The highest BCUT2D eigenvalue weighted by molar-refractivity contribution is 8.30. The number of carboxylic acids is 1. The predicted molar refractivity (Wildman–Crippen MR) is 164 cm³/mol. The summed E-state index contributed by atoms with van der Waals surface area (Å²) < 4.78 is 32.4. The van der Waals surface area contributed by atoms with Gasteiger partial charge in [-0.05, 0) is 68.0 Å². The zero-order valence-corrected chi connectivity index (χ0v) is 25.7. The number of anilines is 2. The number of thiazole rings is 1. The molecule has 13 nitrogen and oxygen atoms in total. The number of hydrogen-bond acceptors (Lipinski definition) is 11. The molecule has 0 atom stereocenters. The molecule has 0 unspecified atom stereocenters. The number of carbonyl (C=O) groups excluding carboxylic acids is 1. The van der Waals surface area contributed by atoms with E-state index in [4.69, 9.17) is 34.9 Å². The third-order valence-electron chi connectivity index (χ3n) is 6.18. The Hall–Kier alpha value is -3.24. The van der Waals surface area contributed by atoms with Gasteiger partial charge in [0.1, 0.15) is 21.9 Å². The van der Waals surface area contributed by atoms with Crippen LogP contribution in [0.4, 0.5) is 17.1 Å². The minimum atomic E-state index is -4.14. The van der Waals surface area contributed by atoms with Crippen LogP contribution in [0.1, 0.15) is 19.8 Å². The van der Waals surface area contributed by atoms with E-state index in [1.165, 1.54) is 6.08 Å². The second-order valence-corrected chi connectivity index (χ2v) is 13.5. The van der Waals surface area contributed by atoms with Gasteiger partial charge in [-0.1, -0.05) is 11.6 Å². The lowest BCUT2D eigenvalue weighted by Gasteiger charge is -2.24. The summed E-state index contributed by atoms with van der Waals surface area (Å²) in [4.78, 5) is 44.4. The third kappa shape index (κ3) is 6.39. The minimum absolute atomic E-state index is 0.0264. The fourth-order valence-electron chi connectivity index (χ4n) is 4.37. The first kappa shape index (κ1) is 31.7. The van der Waals surface area contributed by atoms with E-state index in [0.29, 0.717) is 36.7 Å². The van der Waals surface area contributed by atoms with Gasteiger partial charge in [0.15, 0.2) is 4.32 Å². The number of nitrogens with zero attached hydrogens (tertiary/aromatic N) is 5. The van der Waals surface area contributed by atoms with Crippen LogP contribution in [0.15, 0.2) is 28.8 Å². The van der Waals surface area contributed by atoms with Crippen molar-refractivity contribution in [1.82, 2.24) is 9.63 Å². The molecule has 1 aromatic heterocycles. The summed E-state index contributed by atoms with van der Waals surface area (Å²) in [5.41, 5.74) is 0.855. The number of hydrogen-bond donors (Lipinski definition) is 3. The normalized spacial score (nSPS) is 17.9. The van der Waals surface area contributed by atoms with Crippen LogP contribution in [0.25, 0.3) is 15.8 Å². The lowest BCUT2D eigenvalue weighted by Crippen LogP contribution is -2.35. The van der Waals surface area contributed by atoms with Gasteiger partial charge in [-0.2, -0.15) is 13.5 Å². The Morgan fingerprint density at radius 2 is 1.88 bits per heavy atom. The molecule has 0 saturated carbocycles. The molecule has 1 amide bonds. The quantitative estimate of drug-likeness (QED) is 0.117. The lowest BCUT2D eigenvalue weighted by atomic mass is 10.2. The first-order valence-electron chi connectivity index (χ1n) is 12.1. The topological polar surface area (TPSA) is 165 Å². The van der Waals surface area contributed by atoms with Gasteiger partial charge in [-0.25, -0.2) is 4.85 Å². The molecule has 3 N–H and O–H groups in total. The van der Waals surface area contributed by atoms with Crippen molar-refractivity contribution in [1.29, 1.82) is 0 Å². The number of aliphatic carboxylic acids is 1. The predicted octanol–water partition coefficient (Wildman–Crippen LogP) is 2.19. The average Bonchev–Trinajstić information content (AvgIpc) is 3.47. The van der Waals surface area contributed by atoms with Crippen molar-refractivity contribution >= 4 is 101 Å². The second-order valence-electron chi connectivity index (χ2n) is 8.86. The smallest absolute Gasteiger partial charge is 0.323 e. The fourth-order valence-corrected chi connectivity index (χ4v) is 7.42. The van der Waals surface area contributed by atoms with Gasteiger partial charge >= 0.3 is 5.97 Å². The van der Waals surface area contributed by atoms with Crippen molar-refractivity contribution in [2.75, 3.05) is 28.6 Å². The van der Waals surface area contributed by atoms with Crippen molar-refractivity contribution in [3.63, 3.8) is 0 Å². The van der Waals surface area contributed by atoms with Gasteiger partial charge in [0.2, 0.25) is 5.69 Å². The molecule has 1 saturated heterocycles. The minimum Gasteiger partial charge on any atom is -0.480 e. The van der Waals surface area contributed by atoms with Crippen LogP contribution >= 0.6 is 46.9 Å². The summed E-state index contributed by atoms with van der Waals surface area (Å²) in [7, 11) is -4.14. The number of amides is 1. The Morgan fingerprint density at radius 1 is 1.19 bits per heavy atom. The molecule has 3 heterocycles. The maximum absolute atomic E-state index is 13.3. The van der Waals surface area contributed by atoms with Gasteiger partial charge in [-0.3, -0.25) is 28.7 Å². The van der Waals surface area contributed by atoms with E-state index in [0.717, 1.165) is 27.7 Å². The Labute approximate surface area is 257 Å². The summed E-state index contributed by atoms with van der Waals surface area (Å²) in [6.45, 7) is 9.35. The number of carbonyl (C=O) groups is 2. The lowest BCUT2D eigenvalue weighted by molar-refractivity contribution is -0.140. The molecule has 1 fully saturated rings. The summed E-state index contributed by atoms with van der Waals surface area (Å²) in [6, 6.07) is 3.26. The van der Waals surface area contributed by atoms with E-state index in [1.807, 2.05) is 16.7 Å². The van der Waals surface area contributed by atoms with Crippen LogP contribution in [0.2, 0.25) is 5.02 Å². The summed E-state index contributed by atoms with van der Waals surface area (Å²) in [5, 5.41) is 19.7. The van der Waals surface area contributed by atoms with E-state index in [9.17, 15) is 33.1 Å². The monoisotopic (exact) mass is 671 g/mol. The molecule has 0 spiro atoms. The molecule has 1 aromatic carbocycles. The Bertz CT molecular complexity index is 1860. The highest BCUT2D eigenvalue weighted by Gasteiger charge is 2.34. The number of rotatable bonds is 9. The molecule has 2 aromatic rings. The fraction of sp³-hybridized carbons (Fsp3) is 0.292.